The Labute approximate surface area is 96.9 Å². The minimum atomic E-state index is 0.670. The van der Waals surface area contributed by atoms with E-state index >= 15 is 0 Å². The highest BCUT2D eigenvalue weighted by molar-refractivity contribution is 14.1. The average Bonchev–Trinajstić information content (AvgIpc) is 2.63. The van der Waals surface area contributed by atoms with Crippen molar-refractivity contribution < 1.29 is 0 Å². The summed E-state index contributed by atoms with van der Waals surface area (Å²) in [5.41, 5.74) is 0. The van der Waals surface area contributed by atoms with Gasteiger partial charge in [0.05, 0.1) is 0 Å². The van der Waals surface area contributed by atoms with Crippen molar-refractivity contribution in [1.82, 2.24) is 9.97 Å². The van der Waals surface area contributed by atoms with Gasteiger partial charge in [0.15, 0.2) is 0 Å². The molecule has 1 unspecified atom stereocenters. The van der Waals surface area contributed by atoms with Crippen LogP contribution in [0.2, 0.25) is 0 Å². The second-order valence-corrected chi connectivity index (χ2v) is 5.40. The van der Waals surface area contributed by atoms with Gasteiger partial charge in [0.25, 0.3) is 0 Å². The summed E-state index contributed by atoms with van der Waals surface area (Å²) in [6.07, 6.45) is 7.92. The molecular formula is C10H12IN3. The number of hydrogen-bond donors (Lipinski definition) is 1. The Morgan fingerprint density at radius 1 is 1.21 bits per heavy atom. The fourth-order valence-corrected chi connectivity index (χ4v) is 2.85. The third-order valence-electron chi connectivity index (χ3n) is 3.32. The van der Waals surface area contributed by atoms with Crippen LogP contribution in [0.3, 0.4) is 0 Å². The van der Waals surface area contributed by atoms with Gasteiger partial charge in [-0.25, -0.2) is 9.97 Å². The van der Waals surface area contributed by atoms with E-state index in [0.717, 1.165) is 21.4 Å². The zero-order valence-electron chi connectivity index (χ0n) is 7.78. The van der Waals surface area contributed by atoms with Crippen molar-refractivity contribution in [2.75, 3.05) is 5.32 Å². The van der Waals surface area contributed by atoms with Gasteiger partial charge >= 0.3 is 0 Å². The molecule has 0 amide bonds. The second kappa shape index (κ2) is 3.32. The summed E-state index contributed by atoms with van der Waals surface area (Å²) in [7, 11) is 0. The Kier molecular flexibility index (Phi) is 2.11. The predicted molar refractivity (Wildman–Crippen MR) is 63.0 cm³/mol. The number of aromatic nitrogens is 2. The average molecular weight is 301 g/mol. The summed E-state index contributed by atoms with van der Waals surface area (Å²) >= 11 is 2.22. The maximum atomic E-state index is 4.26. The first kappa shape index (κ1) is 8.88. The third kappa shape index (κ3) is 1.49. The van der Waals surface area contributed by atoms with Crippen molar-refractivity contribution in [3.8, 4) is 0 Å². The molecule has 3 nitrogen and oxygen atoms in total. The van der Waals surface area contributed by atoms with Crippen LogP contribution in [0.15, 0.2) is 12.4 Å². The van der Waals surface area contributed by atoms with Gasteiger partial charge < -0.3 is 5.32 Å². The van der Waals surface area contributed by atoms with Crippen LogP contribution in [-0.4, -0.2) is 16.0 Å². The number of nitrogens with zero attached hydrogens (tertiary/aromatic N) is 2. The summed E-state index contributed by atoms with van der Waals surface area (Å²) in [6.45, 7) is 0. The zero-order valence-corrected chi connectivity index (χ0v) is 9.94. The molecule has 0 aliphatic heterocycles. The molecule has 1 N–H and O–H groups in total. The molecule has 74 valence electrons. The smallest absolute Gasteiger partial charge is 0.222 e. The number of hydrogen-bond acceptors (Lipinski definition) is 3. The summed E-state index contributed by atoms with van der Waals surface area (Å²) in [5, 5.41) is 3.42. The van der Waals surface area contributed by atoms with E-state index in [9.17, 15) is 0 Å². The van der Waals surface area contributed by atoms with Gasteiger partial charge in [0, 0.05) is 22.0 Å². The Morgan fingerprint density at radius 3 is 2.50 bits per heavy atom. The van der Waals surface area contributed by atoms with E-state index in [-0.39, 0.29) is 0 Å². The van der Waals surface area contributed by atoms with Crippen molar-refractivity contribution in [3.63, 3.8) is 0 Å². The third-order valence-corrected chi connectivity index (χ3v) is 3.88. The number of fused-ring (bicyclic) bond motifs is 1. The van der Waals surface area contributed by atoms with Crippen molar-refractivity contribution in [3.05, 3.63) is 16.0 Å². The van der Waals surface area contributed by atoms with Gasteiger partial charge in [-0.1, -0.05) is 6.42 Å². The van der Waals surface area contributed by atoms with Crippen molar-refractivity contribution in [1.29, 1.82) is 0 Å². The standard InChI is InChI=1S/C10H12IN3/c11-6-4-12-10(13-5-6)14-9-7-2-1-3-8(7)9/h4-5,7-9H,1-3H2,(H,12,13,14)/t7-,8+,9?. The lowest BCUT2D eigenvalue weighted by Crippen LogP contribution is -2.10. The zero-order chi connectivity index (χ0) is 9.54. The van der Waals surface area contributed by atoms with Crippen LogP contribution in [-0.2, 0) is 0 Å². The van der Waals surface area contributed by atoms with Gasteiger partial charge in [0.2, 0.25) is 5.95 Å². The van der Waals surface area contributed by atoms with Gasteiger partial charge in [-0.2, -0.15) is 0 Å². The van der Waals surface area contributed by atoms with Crippen molar-refractivity contribution in [2.24, 2.45) is 11.8 Å². The molecule has 1 aromatic heterocycles. The molecule has 2 aliphatic rings. The lowest BCUT2D eigenvalue weighted by Gasteiger charge is -2.05. The van der Waals surface area contributed by atoms with E-state index in [0.29, 0.717) is 6.04 Å². The molecule has 2 aliphatic carbocycles. The Bertz CT molecular complexity index is 328. The fraction of sp³-hybridized carbons (Fsp3) is 0.600. The van der Waals surface area contributed by atoms with Crippen LogP contribution in [0.5, 0.6) is 0 Å². The predicted octanol–water partition coefficient (Wildman–Crippen LogP) is 2.29. The minimum absolute atomic E-state index is 0.670. The normalized spacial score (nSPS) is 33.9. The van der Waals surface area contributed by atoms with E-state index in [1.807, 2.05) is 12.4 Å². The first-order chi connectivity index (χ1) is 6.84. The molecule has 3 atom stereocenters. The Morgan fingerprint density at radius 2 is 1.86 bits per heavy atom. The monoisotopic (exact) mass is 301 g/mol. The Hall–Kier alpha value is -0.390. The van der Waals surface area contributed by atoms with Crippen LogP contribution in [0.25, 0.3) is 0 Å². The number of halogens is 1. The largest absolute Gasteiger partial charge is 0.351 e. The molecule has 14 heavy (non-hydrogen) atoms. The molecule has 1 heterocycles. The van der Waals surface area contributed by atoms with Crippen LogP contribution in [0, 0.1) is 15.4 Å². The molecule has 0 aromatic carbocycles. The van der Waals surface area contributed by atoms with Gasteiger partial charge in [0.1, 0.15) is 0 Å². The first-order valence-electron chi connectivity index (χ1n) is 5.09. The van der Waals surface area contributed by atoms with Crippen LogP contribution in [0.1, 0.15) is 19.3 Å². The van der Waals surface area contributed by atoms with Gasteiger partial charge in [-0.3, -0.25) is 0 Å². The Balaban J connectivity index is 1.65. The van der Waals surface area contributed by atoms with Crippen LogP contribution in [0.4, 0.5) is 5.95 Å². The van der Waals surface area contributed by atoms with Crippen LogP contribution < -0.4 is 5.32 Å². The van der Waals surface area contributed by atoms with E-state index < -0.39 is 0 Å². The van der Waals surface area contributed by atoms with Crippen molar-refractivity contribution >= 4 is 28.5 Å². The van der Waals surface area contributed by atoms with Gasteiger partial charge in [-0.15, -0.1) is 0 Å². The quantitative estimate of drug-likeness (QED) is 0.852. The molecule has 2 fully saturated rings. The molecule has 3 rings (SSSR count). The lowest BCUT2D eigenvalue weighted by atomic mass is 10.2. The number of anilines is 1. The van der Waals surface area contributed by atoms with E-state index in [1.54, 1.807) is 0 Å². The highest BCUT2D eigenvalue weighted by Crippen LogP contribution is 2.52. The summed E-state index contributed by atoms with van der Waals surface area (Å²) in [6, 6.07) is 0.670. The maximum Gasteiger partial charge on any atom is 0.222 e. The molecular weight excluding hydrogens is 289 g/mol. The summed E-state index contributed by atoms with van der Waals surface area (Å²) in [4.78, 5) is 8.51. The topological polar surface area (TPSA) is 37.8 Å². The fourth-order valence-electron chi connectivity index (χ4n) is 2.57. The molecule has 0 bridgehead atoms. The molecule has 2 saturated carbocycles. The summed E-state index contributed by atoms with van der Waals surface area (Å²) < 4.78 is 1.09. The first-order valence-corrected chi connectivity index (χ1v) is 6.16. The summed E-state index contributed by atoms with van der Waals surface area (Å²) in [5.74, 6) is 2.63. The maximum absolute atomic E-state index is 4.26. The second-order valence-electron chi connectivity index (χ2n) is 4.15. The van der Waals surface area contributed by atoms with E-state index in [2.05, 4.69) is 37.9 Å². The SMILES string of the molecule is Ic1cnc(NC2[C@H]3CCC[C@@H]23)nc1. The molecule has 0 spiro atoms. The lowest BCUT2D eigenvalue weighted by molar-refractivity contribution is 0.692. The van der Waals surface area contributed by atoms with E-state index in [4.69, 9.17) is 0 Å². The minimum Gasteiger partial charge on any atom is -0.351 e. The highest BCUT2D eigenvalue weighted by atomic mass is 127. The van der Waals surface area contributed by atoms with Crippen molar-refractivity contribution in [2.45, 2.75) is 25.3 Å². The molecule has 1 aromatic rings. The number of rotatable bonds is 2. The molecule has 4 heteroatoms. The van der Waals surface area contributed by atoms with Gasteiger partial charge in [-0.05, 0) is 47.3 Å². The highest BCUT2D eigenvalue weighted by Gasteiger charge is 2.52. The van der Waals surface area contributed by atoms with Crippen LogP contribution >= 0.6 is 22.6 Å². The molecule has 0 radical (unpaired) electrons. The number of nitrogens with one attached hydrogen (secondary N) is 1. The van der Waals surface area contributed by atoms with E-state index in [1.165, 1.54) is 19.3 Å². The molecule has 0 saturated heterocycles.